The number of rotatable bonds is 1. The highest BCUT2D eigenvalue weighted by molar-refractivity contribution is 6.87. The van der Waals surface area contributed by atoms with Gasteiger partial charge in [0, 0.05) is 24.3 Å². The summed E-state index contributed by atoms with van der Waals surface area (Å²) in [5, 5.41) is 24.1. The molecule has 2 aromatic rings. The van der Waals surface area contributed by atoms with Crippen molar-refractivity contribution in [1.29, 1.82) is 0 Å². The first kappa shape index (κ1) is 16.2. The zero-order valence-corrected chi connectivity index (χ0v) is 15.5. The Hall–Kier alpha value is -1.25. The number of aliphatic hydroxyl groups is 1. The normalized spacial score (nSPS) is 32.8. The van der Waals surface area contributed by atoms with Crippen LogP contribution < -0.4 is 10.5 Å². The van der Waals surface area contributed by atoms with Crippen molar-refractivity contribution < 1.29 is 9.53 Å². The fourth-order valence-corrected chi connectivity index (χ4v) is 8.95. The van der Waals surface area contributed by atoms with E-state index in [1.165, 1.54) is 5.19 Å². The van der Waals surface area contributed by atoms with Crippen LogP contribution >= 0.6 is 11.6 Å². The van der Waals surface area contributed by atoms with Crippen LogP contribution in [0.1, 0.15) is 30.3 Å². The van der Waals surface area contributed by atoms with E-state index in [1.807, 2.05) is 25.4 Å². The van der Waals surface area contributed by atoms with E-state index in [0.29, 0.717) is 17.7 Å². The molecule has 4 atom stereocenters. The molecule has 1 saturated heterocycles. The first-order valence-electron chi connectivity index (χ1n) is 8.21. The second-order valence-corrected chi connectivity index (χ2v) is 11.0. The first-order valence-corrected chi connectivity index (χ1v) is 10.9. The molecule has 1 fully saturated rings. The summed E-state index contributed by atoms with van der Waals surface area (Å²) < 4.78 is 8.09. The van der Waals surface area contributed by atoms with Gasteiger partial charge in [-0.15, -0.1) is 5.10 Å². The molecule has 0 radical (unpaired) electrons. The molecule has 2 aliphatic heterocycles. The van der Waals surface area contributed by atoms with E-state index >= 15 is 0 Å². The van der Waals surface area contributed by atoms with Gasteiger partial charge in [0.2, 0.25) is 8.32 Å². The number of hydrogen-bond acceptors (Lipinski definition) is 5. The number of nitrogens with one attached hydrogen (secondary N) is 1. The summed E-state index contributed by atoms with van der Waals surface area (Å²) in [7, 11) is -0.337. The zero-order valence-electron chi connectivity index (χ0n) is 13.7. The van der Waals surface area contributed by atoms with Crippen LogP contribution in [-0.4, -0.2) is 41.1 Å². The van der Waals surface area contributed by atoms with Gasteiger partial charge < -0.3 is 14.8 Å². The molecule has 1 spiro atoms. The van der Waals surface area contributed by atoms with Crippen LogP contribution in [0.15, 0.2) is 24.4 Å². The minimum absolute atomic E-state index is 0.118. The molecule has 2 N–H and O–H groups in total. The van der Waals surface area contributed by atoms with Gasteiger partial charge in [-0.1, -0.05) is 22.9 Å². The first-order chi connectivity index (χ1) is 11.5. The van der Waals surface area contributed by atoms with Crippen LogP contribution in [0.25, 0.3) is 0 Å². The summed E-state index contributed by atoms with van der Waals surface area (Å²) in [6.07, 6.45) is 1.36. The molecule has 1 aromatic heterocycles. The fraction of sp³-hybridized carbons (Fsp3) is 0.500. The summed E-state index contributed by atoms with van der Waals surface area (Å²) in [4.78, 5) is 0. The molecular formula is C16H21ClN4O2Si. The van der Waals surface area contributed by atoms with Crippen molar-refractivity contribution in [3.63, 3.8) is 0 Å². The van der Waals surface area contributed by atoms with Crippen LogP contribution in [0.5, 0.6) is 0 Å². The Morgan fingerprint density at radius 2 is 2.25 bits per heavy atom. The van der Waals surface area contributed by atoms with Gasteiger partial charge >= 0.3 is 0 Å². The van der Waals surface area contributed by atoms with E-state index in [2.05, 4.69) is 28.6 Å². The predicted molar refractivity (Wildman–Crippen MR) is 93.7 cm³/mol. The third kappa shape index (κ3) is 2.70. The standard InChI is InChI=1S/C16H21ClN4O2Si/c1-10-8-24(9-14(18-10)13-6-21(2)20-19-13)16-4-3-11(17)5-12(16)15(22)7-23-24/h3-6,10,14-15,18,22H,7-9H2,1-2H3/t10-,14-,15?,24?/m0/s1. The van der Waals surface area contributed by atoms with Crippen molar-refractivity contribution >= 4 is 25.1 Å². The van der Waals surface area contributed by atoms with Gasteiger partial charge in [-0.2, -0.15) is 0 Å². The molecule has 24 heavy (non-hydrogen) atoms. The summed E-state index contributed by atoms with van der Waals surface area (Å²) in [5.74, 6) is 0. The molecule has 3 heterocycles. The lowest BCUT2D eigenvalue weighted by atomic mass is 10.1. The van der Waals surface area contributed by atoms with Gasteiger partial charge in [-0.3, -0.25) is 4.68 Å². The third-order valence-electron chi connectivity index (χ3n) is 5.01. The van der Waals surface area contributed by atoms with E-state index in [4.69, 9.17) is 16.0 Å². The highest BCUT2D eigenvalue weighted by atomic mass is 35.5. The van der Waals surface area contributed by atoms with E-state index in [1.54, 1.807) is 4.68 Å². The van der Waals surface area contributed by atoms with Gasteiger partial charge in [0.1, 0.15) is 6.10 Å². The Morgan fingerprint density at radius 3 is 3.00 bits per heavy atom. The topological polar surface area (TPSA) is 72.2 Å². The Bertz CT molecular complexity index is 770. The van der Waals surface area contributed by atoms with Crippen LogP contribution in [0.3, 0.4) is 0 Å². The van der Waals surface area contributed by atoms with Gasteiger partial charge in [-0.05, 0) is 41.9 Å². The Balaban J connectivity index is 1.75. The summed E-state index contributed by atoms with van der Waals surface area (Å²) in [5.41, 5.74) is 1.88. The highest BCUT2D eigenvalue weighted by Gasteiger charge is 2.49. The molecule has 6 nitrogen and oxygen atoms in total. The lowest BCUT2D eigenvalue weighted by Gasteiger charge is -2.46. The van der Waals surface area contributed by atoms with Crippen molar-refractivity contribution in [2.45, 2.75) is 37.2 Å². The fourth-order valence-electron chi connectivity index (χ4n) is 4.05. The zero-order chi connectivity index (χ0) is 16.9. The van der Waals surface area contributed by atoms with E-state index < -0.39 is 14.4 Å². The lowest BCUT2D eigenvalue weighted by Crippen LogP contribution is -2.63. The van der Waals surface area contributed by atoms with E-state index in [0.717, 1.165) is 23.3 Å². The second-order valence-electron chi connectivity index (χ2n) is 6.90. The molecule has 4 rings (SSSR count). The molecule has 2 aliphatic rings. The average Bonchev–Trinajstić information content (AvgIpc) is 2.97. The SMILES string of the molecule is C[C@H]1C[Si]2(C[C@@H](c3cn(C)nn3)N1)OCC(O)c1cc(Cl)ccc12. The quantitative estimate of drug-likeness (QED) is 0.749. The summed E-state index contributed by atoms with van der Waals surface area (Å²) in [6.45, 7) is 2.53. The van der Waals surface area contributed by atoms with Crippen LogP contribution in [-0.2, 0) is 11.5 Å². The average molecular weight is 365 g/mol. The van der Waals surface area contributed by atoms with Crippen LogP contribution in [0.2, 0.25) is 17.1 Å². The van der Waals surface area contributed by atoms with E-state index in [9.17, 15) is 5.11 Å². The number of halogens is 1. The molecular weight excluding hydrogens is 344 g/mol. The van der Waals surface area contributed by atoms with Crippen molar-refractivity contribution in [1.82, 2.24) is 20.3 Å². The Kier molecular flexibility index (Phi) is 4.01. The van der Waals surface area contributed by atoms with Crippen molar-refractivity contribution in [3.05, 3.63) is 40.7 Å². The number of hydrogen-bond donors (Lipinski definition) is 2. The monoisotopic (exact) mass is 364 g/mol. The number of aliphatic hydroxyl groups excluding tert-OH is 1. The van der Waals surface area contributed by atoms with Crippen LogP contribution in [0, 0.1) is 0 Å². The molecule has 128 valence electrons. The molecule has 1 aromatic carbocycles. The maximum atomic E-state index is 10.3. The second kappa shape index (κ2) is 5.93. The van der Waals surface area contributed by atoms with Gasteiger partial charge in [0.25, 0.3) is 0 Å². The summed E-state index contributed by atoms with van der Waals surface area (Å²) >= 11 is 6.16. The molecule has 8 heteroatoms. The van der Waals surface area contributed by atoms with Gasteiger partial charge in [0.05, 0.1) is 18.3 Å². The number of nitrogens with zero attached hydrogens (tertiary/aromatic N) is 3. The number of fused-ring (bicyclic) bond motifs is 2. The molecule has 0 bridgehead atoms. The molecule has 0 saturated carbocycles. The number of benzene rings is 1. The summed E-state index contributed by atoms with van der Waals surface area (Å²) in [6, 6.07) is 8.15. The van der Waals surface area contributed by atoms with E-state index in [-0.39, 0.29) is 6.04 Å². The minimum atomic E-state index is -2.21. The molecule has 2 unspecified atom stereocenters. The van der Waals surface area contributed by atoms with Gasteiger partial charge in [-0.25, -0.2) is 0 Å². The Labute approximate surface area is 146 Å². The van der Waals surface area contributed by atoms with Crippen LogP contribution in [0.4, 0.5) is 0 Å². The largest absolute Gasteiger partial charge is 0.409 e. The maximum Gasteiger partial charge on any atom is 0.228 e. The van der Waals surface area contributed by atoms with Gasteiger partial charge in [0.15, 0.2) is 0 Å². The number of aryl methyl sites for hydroxylation is 1. The predicted octanol–water partition coefficient (Wildman–Crippen LogP) is 1.42. The Morgan fingerprint density at radius 1 is 1.42 bits per heavy atom. The minimum Gasteiger partial charge on any atom is -0.409 e. The van der Waals surface area contributed by atoms with Crippen molar-refractivity contribution in [2.24, 2.45) is 7.05 Å². The van der Waals surface area contributed by atoms with Crippen molar-refractivity contribution in [3.8, 4) is 0 Å². The number of aromatic nitrogens is 3. The smallest absolute Gasteiger partial charge is 0.228 e. The highest BCUT2D eigenvalue weighted by Crippen LogP contribution is 2.38. The third-order valence-corrected chi connectivity index (χ3v) is 9.74. The maximum absolute atomic E-state index is 10.3. The molecule has 0 amide bonds. The van der Waals surface area contributed by atoms with Crippen molar-refractivity contribution in [2.75, 3.05) is 6.61 Å². The lowest BCUT2D eigenvalue weighted by molar-refractivity contribution is 0.0949. The molecule has 0 aliphatic carbocycles.